The summed E-state index contributed by atoms with van der Waals surface area (Å²) in [5.41, 5.74) is 0.745. The molecule has 0 radical (unpaired) electrons. The molecule has 0 saturated carbocycles. The first-order valence-electron chi connectivity index (χ1n) is 13.5. The molecule has 206 valence electrons. The molecule has 3 fully saturated rings. The van der Waals surface area contributed by atoms with Gasteiger partial charge in [-0.1, -0.05) is 6.42 Å². The number of carbonyl (C=O) groups excluding carboxylic acids is 2. The zero-order chi connectivity index (χ0) is 26.5. The Bertz CT molecular complexity index is 954. The van der Waals surface area contributed by atoms with Crippen LogP contribution in [0.5, 0.6) is 17.2 Å². The van der Waals surface area contributed by atoms with E-state index < -0.39 is 12.0 Å². The van der Waals surface area contributed by atoms with E-state index in [4.69, 9.17) is 18.9 Å². The number of carbonyl (C=O) groups is 2. The van der Waals surface area contributed by atoms with Crippen LogP contribution in [0.4, 0.5) is 0 Å². The van der Waals surface area contributed by atoms with Crippen molar-refractivity contribution in [2.45, 2.75) is 50.6 Å². The van der Waals surface area contributed by atoms with Crippen LogP contribution >= 0.6 is 0 Å². The van der Waals surface area contributed by atoms with Gasteiger partial charge in [0.15, 0.2) is 11.5 Å². The number of benzene rings is 1. The monoisotopic (exact) mass is 517 g/mol. The van der Waals surface area contributed by atoms with E-state index in [2.05, 4.69) is 4.90 Å². The Morgan fingerprint density at radius 2 is 1.76 bits per heavy atom. The summed E-state index contributed by atoms with van der Waals surface area (Å²) in [6.45, 7) is 4.01. The molecule has 2 amide bonds. The fourth-order valence-electron chi connectivity index (χ4n) is 6.67. The van der Waals surface area contributed by atoms with E-state index in [9.17, 15) is 9.59 Å². The highest BCUT2D eigenvalue weighted by Crippen LogP contribution is 2.48. The van der Waals surface area contributed by atoms with Gasteiger partial charge in [0.25, 0.3) is 0 Å². The number of piperidine rings is 2. The lowest BCUT2D eigenvalue weighted by Gasteiger charge is -2.46. The van der Waals surface area contributed by atoms with Crippen molar-refractivity contribution < 1.29 is 28.5 Å². The normalized spacial score (nSPS) is 26.1. The van der Waals surface area contributed by atoms with Gasteiger partial charge < -0.3 is 33.6 Å². The lowest BCUT2D eigenvalue weighted by atomic mass is 9.83. The number of fused-ring (bicyclic) bond motifs is 1. The summed E-state index contributed by atoms with van der Waals surface area (Å²) in [5, 5.41) is 0. The van der Waals surface area contributed by atoms with Crippen molar-refractivity contribution in [3.63, 3.8) is 0 Å². The molecule has 0 N–H and O–H groups in total. The van der Waals surface area contributed by atoms with Gasteiger partial charge in [0, 0.05) is 45.3 Å². The smallest absolute Gasteiger partial charge is 0.228 e. The molecule has 1 aromatic carbocycles. The number of rotatable bonds is 10. The Morgan fingerprint density at radius 1 is 1.00 bits per heavy atom. The zero-order valence-electron chi connectivity index (χ0n) is 23.0. The molecule has 1 aromatic rings. The fourth-order valence-corrected chi connectivity index (χ4v) is 6.67. The maximum atomic E-state index is 14.2. The molecule has 4 rings (SSSR count). The minimum atomic E-state index is -0.521. The number of nitrogens with zero attached hydrogens (tertiary/aromatic N) is 3. The standard InChI is InChI=1S/C28H43N3O6/c1-29-24(32)17-21(25(29)20-11-12-23(35-3)27(37-5)26(20)36-4)28(33)31(15-16-34-2)18-19-9-8-14-30-13-7-6-10-22(19)30/h11-12,19,21-22,25H,6-10,13-18H2,1-5H3. The number of likely N-dealkylation sites (tertiary alicyclic amines) is 1. The Kier molecular flexibility index (Phi) is 9.18. The molecular formula is C28H43N3O6. The van der Waals surface area contributed by atoms with Crippen LogP contribution in [0.3, 0.4) is 0 Å². The van der Waals surface area contributed by atoms with Gasteiger partial charge in [-0.2, -0.15) is 0 Å². The van der Waals surface area contributed by atoms with Crippen LogP contribution in [0, 0.1) is 11.8 Å². The SMILES string of the molecule is COCCN(CC1CCCN2CCCCC12)C(=O)C1CC(=O)N(C)C1c1ccc(OC)c(OC)c1OC. The third kappa shape index (κ3) is 5.53. The fraction of sp³-hybridized carbons (Fsp3) is 0.714. The Balaban J connectivity index is 1.64. The number of methoxy groups -OCH3 is 4. The molecule has 0 spiro atoms. The summed E-state index contributed by atoms with van der Waals surface area (Å²) < 4.78 is 22.2. The van der Waals surface area contributed by atoms with Gasteiger partial charge in [-0.05, 0) is 56.8 Å². The highest BCUT2D eigenvalue weighted by molar-refractivity contribution is 5.90. The predicted octanol–water partition coefficient (Wildman–Crippen LogP) is 2.97. The van der Waals surface area contributed by atoms with Crippen molar-refractivity contribution >= 4 is 11.8 Å². The van der Waals surface area contributed by atoms with Crippen molar-refractivity contribution in [3.8, 4) is 17.2 Å². The molecular weight excluding hydrogens is 474 g/mol. The van der Waals surface area contributed by atoms with Crippen LogP contribution in [0.2, 0.25) is 0 Å². The van der Waals surface area contributed by atoms with Gasteiger partial charge in [-0.3, -0.25) is 9.59 Å². The largest absolute Gasteiger partial charge is 0.493 e. The minimum absolute atomic E-state index is 0.00419. The zero-order valence-corrected chi connectivity index (χ0v) is 23.0. The van der Waals surface area contributed by atoms with E-state index in [0.717, 1.165) is 25.1 Å². The van der Waals surface area contributed by atoms with Crippen molar-refractivity contribution in [1.29, 1.82) is 0 Å². The van der Waals surface area contributed by atoms with Gasteiger partial charge >= 0.3 is 0 Å². The average molecular weight is 518 g/mol. The number of hydrogen-bond donors (Lipinski definition) is 0. The molecule has 3 saturated heterocycles. The van der Waals surface area contributed by atoms with Gasteiger partial charge in [0.1, 0.15) is 0 Å². The number of ether oxygens (including phenoxy) is 4. The van der Waals surface area contributed by atoms with E-state index in [0.29, 0.717) is 48.9 Å². The number of hydrogen-bond acceptors (Lipinski definition) is 7. The summed E-state index contributed by atoms with van der Waals surface area (Å²) in [7, 11) is 8.12. The van der Waals surface area contributed by atoms with E-state index in [-0.39, 0.29) is 18.2 Å². The third-order valence-electron chi connectivity index (χ3n) is 8.52. The average Bonchev–Trinajstić information content (AvgIpc) is 3.23. The molecule has 3 heterocycles. The molecule has 4 unspecified atom stereocenters. The van der Waals surface area contributed by atoms with Crippen LogP contribution in [0.25, 0.3) is 0 Å². The molecule has 4 atom stereocenters. The molecule has 3 aliphatic rings. The van der Waals surface area contributed by atoms with Crippen molar-refractivity contribution in [3.05, 3.63) is 17.7 Å². The maximum Gasteiger partial charge on any atom is 0.228 e. The maximum absolute atomic E-state index is 14.2. The van der Waals surface area contributed by atoms with Crippen molar-refractivity contribution in [1.82, 2.24) is 14.7 Å². The quantitative estimate of drug-likeness (QED) is 0.472. The van der Waals surface area contributed by atoms with Crippen LogP contribution in [0.1, 0.15) is 50.1 Å². The van der Waals surface area contributed by atoms with Crippen LogP contribution in [-0.4, -0.2) is 101 Å². The summed E-state index contributed by atoms with van der Waals surface area (Å²) in [4.78, 5) is 33.5. The van der Waals surface area contributed by atoms with E-state index in [1.54, 1.807) is 46.5 Å². The van der Waals surface area contributed by atoms with Gasteiger partial charge in [0.05, 0.1) is 39.9 Å². The van der Waals surface area contributed by atoms with Gasteiger partial charge in [-0.15, -0.1) is 0 Å². The summed E-state index contributed by atoms with van der Waals surface area (Å²) in [5.74, 6) is 1.35. The van der Waals surface area contributed by atoms with E-state index in [1.807, 2.05) is 11.0 Å². The van der Waals surface area contributed by atoms with Gasteiger partial charge in [0.2, 0.25) is 17.6 Å². The van der Waals surface area contributed by atoms with Crippen molar-refractivity contribution in [2.24, 2.45) is 11.8 Å². The van der Waals surface area contributed by atoms with E-state index in [1.165, 1.54) is 25.7 Å². The molecule has 3 aliphatic heterocycles. The summed E-state index contributed by atoms with van der Waals surface area (Å²) >= 11 is 0. The second-order valence-electron chi connectivity index (χ2n) is 10.5. The van der Waals surface area contributed by atoms with Crippen LogP contribution in [0.15, 0.2) is 12.1 Å². The van der Waals surface area contributed by atoms with Crippen LogP contribution in [-0.2, 0) is 14.3 Å². The van der Waals surface area contributed by atoms with E-state index >= 15 is 0 Å². The van der Waals surface area contributed by atoms with Gasteiger partial charge in [-0.25, -0.2) is 0 Å². The lowest BCUT2D eigenvalue weighted by molar-refractivity contribution is -0.138. The molecule has 9 nitrogen and oxygen atoms in total. The first-order valence-corrected chi connectivity index (χ1v) is 13.5. The molecule has 0 aromatic heterocycles. The highest BCUT2D eigenvalue weighted by Gasteiger charge is 2.46. The van der Waals surface area contributed by atoms with Crippen LogP contribution < -0.4 is 14.2 Å². The lowest BCUT2D eigenvalue weighted by Crippen LogP contribution is -2.52. The summed E-state index contributed by atoms with van der Waals surface area (Å²) in [6, 6.07) is 3.75. The third-order valence-corrected chi connectivity index (χ3v) is 8.52. The first kappa shape index (κ1) is 27.5. The topological polar surface area (TPSA) is 80.8 Å². The highest BCUT2D eigenvalue weighted by atomic mass is 16.5. The Morgan fingerprint density at radius 3 is 2.46 bits per heavy atom. The predicted molar refractivity (Wildman–Crippen MR) is 140 cm³/mol. The van der Waals surface area contributed by atoms with Crippen molar-refractivity contribution in [2.75, 3.05) is 68.3 Å². The molecule has 0 aliphatic carbocycles. The number of amides is 2. The molecule has 37 heavy (non-hydrogen) atoms. The first-order chi connectivity index (χ1) is 17.9. The molecule has 0 bridgehead atoms. The molecule has 9 heteroatoms. The Labute approximate surface area is 220 Å². The second kappa shape index (κ2) is 12.3. The Hall–Kier alpha value is -2.52. The minimum Gasteiger partial charge on any atom is -0.493 e. The summed E-state index contributed by atoms with van der Waals surface area (Å²) in [6.07, 6.45) is 6.19. The second-order valence-corrected chi connectivity index (χ2v) is 10.5.